The maximum absolute atomic E-state index is 5.89. The fraction of sp³-hybridized carbons (Fsp3) is 0.154. The number of benzene rings is 1. The van der Waals surface area contributed by atoms with Crippen molar-refractivity contribution in [1.29, 1.82) is 0 Å². The predicted octanol–water partition coefficient (Wildman–Crippen LogP) is 2.25. The molecule has 2 heterocycles. The van der Waals surface area contributed by atoms with Gasteiger partial charge in [0.05, 0.1) is 0 Å². The van der Waals surface area contributed by atoms with Crippen molar-refractivity contribution in [3.05, 3.63) is 53.8 Å². The van der Waals surface area contributed by atoms with E-state index in [1.165, 1.54) is 17.3 Å². The van der Waals surface area contributed by atoms with E-state index < -0.39 is 0 Å². The van der Waals surface area contributed by atoms with Crippen molar-refractivity contribution in [2.75, 3.05) is 0 Å². The van der Waals surface area contributed by atoms with Crippen molar-refractivity contribution in [3.8, 4) is 12.0 Å². The van der Waals surface area contributed by atoms with Gasteiger partial charge in [-0.15, -0.1) is 0 Å². The molecule has 1 unspecified atom stereocenters. The van der Waals surface area contributed by atoms with Crippen LogP contribution >= 0.6 is 11.6 Å². The van der Waals surface area contributed by atoms with Crippen LogP contribution in [0.4, 0.5) is 0 Å². The van der Waals surface area contributed by atoms with Crippen molar-refractivity contribution in [3.63, 3.8) is 0 Å². The van der Waals surface area contributed by atoms with Gasteiger partial charge >= 0.3 is 6.01 Å². The normalized spacial score (nSPS) is 12.1. The lowest BCUT2D eigenvalue weighted by Crippen LogP contribution is -2.09. The number of rotatable bonds is 4. The molecule has 0 amide bonds. The minimum Gasteiger partial charge on any atom is -0.455 e. The van der Waals surface area contributed by atoms with Crippen LogP contribution < -0.4 is 4.74 Å². The molecule has 21 heavy (non-hydrogen) atoms. The maximum Gasteiger partial charge on any atom is 0.323 e. The summed E-state index contributed by atoms with van der Waals surface area (Å²) >= 11 is 5.89. The van der Waals surface area contributed by atoms with Crippen LogP contribution in [0.1, 0.15) is 18.6 Å². The first-order valence-electron chi connectivity index (χ1n) is 6.20. The van der Waals surface area contributed by atoms with Crippen molar-refractivity contribution in [2.24, 2.45) is 0 Å². The van der Waals surface area contributed by atoms with Gasteiger partial charge in [-0.2, -0.15) is 24.7 Å². The molecule has 0 aliphatic rings. The van der Waals surface area contributed by atoms with Crippen molar-refractivity contribution < 1.29 is 4.74 Å². The third-order valence-electron chi connectivity index (χ3n) is 2.75. The molecule has 2 aromatic heterocycles. The van der Waals surface area contributed by atoms with E-state index in [-0.39, 0.29) is 23.3 Å². The lowest BCUT2D eigenvalue weighted by atomic mass is 10.1. The molecule has 0 aliphatic heterocycles. The first-order chi connectivity index (χ1) is 10.2. The molecule has 0 radical (unpaired) electrons. The predicted molar refractivity (Wildman–Crippen MR) is 75.2 cm³/mol. The van der Waals surface area contributed by atoms with E-state index in [9.17, 15) is 0 Å². The molecular formula is C13H11ClN6O. The Balaban J connectivity index is 1.86. The Morgan fingerprint density at radius 2 is 1.95 bits per heavy atom. The van der Waals surface area contributed by atoms with Crippen molar-refractivity contribution in [2.45, 2.75) is 13.0 Å². The first-order valence-corrected chi connectivity index (χ1v) is 6.58. The van der Waals surface area contributed by atoms with Crippen LogP contribution in [0.15, 0.2) is 43.0 Å². The fourth-order valence-corrected chi connectivity index (χ4v) is 1.89. The lowest BCUT2D eigenvalue weighted by molar-refractivity contribution is 0.206. The van der Waals surface area contributed by atoms with Gasteiger partial charge in [-0.05, 0) is 24.1 Å². The van der Waals surface area contributed by atoms with Gasteiger partial charge in [0.15, 0.2) is 0 Å². The molecule has 3 rings (SSSR count). The molecule has 3 aromatic rings. The molecule has 0 bridgehead atoms. The van der Waals surface area contributed by atoms with Gasteiger partial charge in [0.25, 0.3) is 5.95 Å². The van der Waals surface area contributed by atoms with Crippen molar-refractivity contribution >= 4 is 11.6 Å². The molecule has 0 N–H and O–H groups in total. The van der Waals surface area contributed by atoms with Gasteiger partial charge < -0.3 is 4.74 Å². The second-order valence-electron chi connectivity index (χ2n) is 4.20. The Morgan fingerprint density at radius 3 is 2.67 bits per heavy atom. The highest BCUT2D eigenvalue weighted by Gasteiger charge is 2.12. The molecule has 7 nitrogen and oxygen atoms in total. The molecule has 0 fully saturated rings. The minimum absolute atomic E-state index is 0.0331. The van der Waals surface area contributed by atoms with Crippen LogP contribution in [0.3, 0.4) is 0 Å². The van der Waals surface area contributed by atoms with Crippen LogP contribution in [-0.2, 0) is 0 Å². The third-order valence-corrected chi connectivity index (χ3v) is 2.92. The van der Waals surface area contributed by atoms with Crippen molar-refractivity contribution in [1.82, 2.24) is 29.7 Å². The summed E-state index contributed by atoms with van der Waals surface area (Å²) in [6, 6.07) is 9.89. The highest BCUT2D eigenvalue weighted by atomic mass is 35.5. The quantitative estimate of drug-likeness (QED) is 0.735. The smallest absolute Gasteiger partial charge is 0.323 e. The summed E-state index contributed by atoms with van der Waals surface area (Å²) in [5.74, 6) is 0.253. The molecule has 8 heteroatoms. The summed E-state index contributed by atoms with van der Waals surface area (Å²) < 4.78 is 7.09. The Hall–Kier alpha value is -2.54. The van der Waals surface area contributed by atoms with Gasteiger partial charge in [-0.3, -0.25) is 0 Å². The summed E-state index contributed by atoms with van der Waals surface area (Å²) in [6.07, 6.45) is 2.63. The topological polar surface area (TPSA) is 78.6 Å². The van der Waals surface area contributed by atoms with E-state index in [1.54, 1.807) is 0 Å². The number of ether oxygens (including phenoxy) is 1. The Morgan fingerprint density at radius 1 is 1.14 bits per heavy atom. The highest BCUT2D eigenvalue weighted by Crippen LogP contribution is 2.19. The number of aromatic nitrogens is 6. The molecule has 1 aromatic carbocycles. The van der Waals surface area contributed by atoms with Crippen LogP contribution in [0.5, 0.6) is 6.01 Å². The van der Waals surface area contributed by atoms with Crippen LogP contribution in [0.25, 0.3) is 5.95 Å². The Kier molecular flexibility index (Phi) is 3.74. The zero-order valence-corrected chi connectivity index (χ0v) is 11.8. The molecule has 1 atom stereocenters. The Bertz CT molecular complexity index is 719. The molecule has 106 valence electrons. The van der Waals surface area contributed by atoms with E-state index >= 15 is 0 Å². The molecule has 0 saturated carbocycles. The van der Waals surface area contributed by atoms with Gasteiger partial charge in [-0.25, -0.2) is 4.98 Å². The monoisotopic (exact) mass is 302 g/mol. The van der Waals surface area contributed by atoms with E-state index in [4.69, 9.17) is 16.3 Å². The Labute approximate surface area is 125 Å². The standard InChI is InChI=1S/C13H11ClN6O/c1-9(10-5-3-2-4-6-10)21-13-18-11(14)17-12(19-13)20-8-15-7-16-20/h2-9H,1H3. The summed E-state index contributed by atoms with van der Waals surface area (Å²) in [5, 5.41) is 3.98. The van der Waals surface area contributed by atoms with Gasteiger partial charge in [0.2, 0.25) is 5.28 Å². The SMILES string of the molecule is CC(Oc1nc(Cl)nc(-n2cncn2)n1)c1ccccc1. The second kappa shape index (κ2) is 5.84. The number of nitrogens with zero attached hydrogens (tertiary/aromatic N) is 6. The van der Waals surface area contributed by atoms with E-state index in [0.29, 0.717) is 0 Å². The number of halogens is 1. The fourth-order valence-electron chi connectivity index (χ4n) is 1.74. The van der Waals surface area contributed by atoms with E-state index in [2.05, 4.69) is 25.0 Å². The molecule has 0 spiro atoms. The maximum atomic E-state index is 5.89. The van der Waals surface area contributed by atoms with Crippen LogP contribution in [0.2, 0.25) is 5.28 Å². The largest absolute Gasteiger partial charge is 0.455 e. The molecular weight excluding hydrogens is 292 g/mol. The average Bonchev–Trinajstić information content (AvgIpc) is 3.02. The van der Waals surface area contributed by atoms with Crippen LogP contribution in [0, 0.1) is 0 Å². The summed E-state index contributed by atoms with van der Waals surface area (Å²) in [7, 11) is 0. The summed E-state index contributed by atoms with van der Waals surface area (Å²) in [6.45, 7) is 1.90. The van der Waals surface area contributed by atoms with E-state index in [1.807, 2.05) is 37.3 Å². The van der Waals surface area contributed by atoms with E-state index in [0.717, 1.165) is 5.56 Å². The first kappa shape index (κ1) is 13.4. The number of hydrogen-bond donors (Lipinski definition) is 0. The second-order valence-corrected chi connectivity index (χ2v) is 4.54. The van der Waals surface area contributed by atoms with Gasteiger partial charge in [0, 0.05) is 0 Å². The molecule has 0 saturated heterocycles. The summed E-state index contributed by atoms with van der Waals surface area (Å²) in [4.78, 5) is 16.0. The van der Waals surface area contributed by atoms with Gasteiger partial charge in [-0.1, -0.05) is 30.3 Å². The van der Waals surface area contributed by atoms with Gasteiger partial charge in [0.1, 0.15) is 18.8 Å². The third kappa shape index (κ3) is 3.14. The highest BCUT2D eigenvalue weighted by molar-refractivity contribution is 6.28. The average molecular weight is 303 g/mol. The zero-order chi connectivity index (χ0) is 14.7. The zero-order valence-electron chi connectivity index (χ0n) is 11.1. The summed E-state index contributed by atoms with van der Waals surface area (Å²) in [5.41, 5.74) is 1.01. The molecule has 0 aliphatic carbocycles. The van der Waals surface area contributed by atoms with Crippen LogP contribution in [-0.4, -0.2) is 29.7 Å². The minimum atomic E-state index is -0.215. The lowest BCUT2D eigenvalue weighted by Gasteiger charge is -2.13. The number of hydrogen-bond acceptors (Lipinski definition) is 6.